The van der Waals surface area contributed by atoms with E-state index in [2.05, 4.69) is 9.47 Å². The molecule has 9 heteroatoms. The van der Waals surface area contributed by atoms with Crippen LogP contribution in [0.3, 0.4) is 0 Å². The largest absolute Gasteiger partial charge is 0.465 e. The SMILES string of the molecule is COC(=O)c1cc(F)c(C(=O)CC[C@H]2CN(C(=O)OC)CCO2)c(F)c1. The zero-order valence-corrected chi connectivity index (χ0v) is 14.4. The van der Waals surface area contributed by atoms with Crippen LogP contribution in [0.25, 0.3) is 0 Å². The number of esters is 1. The molecule has 0 unspecified atom stereocenters. The first kappa shape index (κ1) is 19.8. The average molecular weight is 371 g/mol. The van der Waals surface area contributed by atoms with Crippen molar-refractivity contribution in [2.75, 3.05) is 33.9 Å². The number of rotatable bonds is 5. The predicted molar refractivity (Wildman–Crippen MR) is 85.0 cm³/mol. The Morgan fingerprint density at radius 2 is 1.85 bits per heavy atom. The van der Waals surface area contributed by atoms with Gasteiger partial charge in [0.25, 0.3) is 0 Å². The summed E-state index contributed by atoms with van der Waals surface area (Å²) in [5.74, 6) is -3.91. The first-order valence-electron chi connectivity index (χ1n) is 7.92. The summed E-state index contributed by atoms with van der Waals surface area (Å²) >= 11 is 0. The van der Waals surface area contributed by atoms with Crippen molar-refractivity contribution in [1.82, 2.24) is 4.90 Å². The zero-order valence-electron chi connectivity index (χ0n) is 14.4. The number of halogens is 2. The van der Waals surface area contributed by atoms with Gasteiger partial charge in [-0.15, -0.1) is 0 Å². The molecule has 0 bridgehead atoms. The van der Waals surface area contributed by atoms with E-state index >= 15 is 0 Å². The minimum Gasteiger partial charge on any atom is -0.465 e. The summed E-state index contributed by atoms with van der Waals surface area (Å²) < 4.78 is 42.6. The minimum atomic E-state index is -1.13. The van der Waals surface area contributed by atoms with Crippen LogP contribution in [0.5, 0.6) is 0 Å². The van der Waals surface area contributed by atoms with E-state index in [-0.39, 0.29) is 31.6 Å². The van der Waals surface area contributed by atoms with E-state index in [1.54, 1.807) is 0 Å². The lowest BCUT2D eigenvalue weighted by molar-refractivity contribution is -0.0278. The van der Waals surface area contributed by atoms with Crippen LogP contribution in [-0.4, -0.2) is 62.8 Å². The van der Waals surface area contributed by atoms with Gasteiger partial charge in [0, 0.05) is 13.0 Å². The van der Waals surface area contributed by atoms with E-state index < -0.39 is 41.1 Å². The van der Waals surface area contributed by atoms with Crippen molar-refractivity contribution in [2.24, 2.45) is 0 Å². The van der Waals surface area contributed by atoms with Crippen LogP contribution in [0.4, 0.5) is 13.6 Å². The van der Waals surface area contributed by atoms with Crippen LogP contribution in [0.15, 0.2) is 12.1 Å². The minimum absolute atomic E-state index is 0.176. The van der Waals surface area contributed by atoms with Crippen LogP contribution in [0.2, 0.25) is 0 Å². The van der Waals surface area contributed by atoms with E-state index in [9.17, 15) is 23.2 Å². The predicted octanol–water partition coefficient (Wildman–Crippen LogP) is 2.18. The molecule has 0 saturated carbocycles. The van der Waals surface area contributed by atoms with Crippen molar-refractivity contribution in [1.29, 1.82) is 0 Å². The number of amides is 1. The molecule has 0 radical (unpaired) electrons. The fourth-order valence-corrected chi connectivity index (χ4v) is 2.68. The van der Waals surface area contributed by atoms with Gasteiger partial charge in [-0.3, -0.25) is 4.79 Å². The molecule has 1 fully saturated rings. The Bertz CT molecular complexity index is 685. The maximum atomic E-state index is 14.1. The van der Waals surface area contributed by atoms with Crippen molar-refractivity contribution < 1.29 is 37.4 Å². The van der Waals surface area contributed by atoms with Gasteiger partial charge >= 0.3 is 12.1 Å². The van der Waals surface area contributed by atoms with Gasteiger partial charge < -0.3 is 19.1 Å². The second-order valence-corrected chi connectivity index (χ2v) is 5.68. The number of carbonyl (C=O) groups excluding carboxylic acids is 3. The van der Waals surface area contributed by atoms with E-state index in [1.807, 2.05) is 0 Å². The first-order chi connectivity index (χ1) is 12.4. The summed E-state index contributed by atoms with van der Waals surface area (Å²) in [5.41, 5.74) is -1.03. The monoisotopic (exact) mass is 371 g/mol. The van der Waals surface area contributed by atoms with Gasteiger partial charge in [-0.25, -0.2) is 18.4 Å². The molecule has 0 aliphatic carbocycles. The van der Waals surface area contributed by atoms with Crippen LogP contribution in [0.1, 0.15) is 33.6 Å². The number of ketones is 1. The number of ether oxygens (including phenoxy) is 3. The van der Waals surface area contributed by atoms with Crippen molar-refractivity contribution in [3.8, 4) is 0 Å². The summed E-state index contributed by atoms with van der Waals surface area (Å²) in [6.45, 7) is 0.881. The Morgan fingerprint density at radius 3 is 2.42 bits per heavy atom. The molecule has 0 aromatic heterocycles. The normalized spacial score (nSPS) is 16.9. The van der Waals surface area contributed by atoms with Crippen LogP contribution in [0, 0.1) is 11.6 Å². The van der Waals surface area contributed by atoms with Gasteiger partial charge in [0.15, 0.2) is 5.78 Å². The highest BCUT2D eigenvalue weighted by Gasteiger charge is 2.27. The smallest absolute Gasteiger partial charge is 0.409 e. The number of morpholine rings is 1. The molecule has 2 rings (SSSR count). The standard InChI is InChI=1S/C17H19F2NO6/c1-24-16(22)10-7-12(18)15(13(19)8-10)14(21)4-3-11-9-20(5-6-26-11)17(23)25-2/h7-8,11H,3-6,9H2,1-2H3/t11-/m0/s1. The maximum absolute atomic E-state index is 14.1. The highest BCUT2D eigenvalue weighted by Crippen LogP contribution is 2.20. The second-order valence-electron chi connectivity index (χ2n) is 5.68. The third-order valence-electron chi connectivity index (χ3n) is 4.01. The summed E-state index contributed by atoms with van der Waals surface area (Å²) in [6, 6.07) is 1.52. The Hall–Kier alpha value is -2.55. The molecule has 1 aliphatic heterocycles. The topological polar surface area (TPSA) is 82.1 Å². The van der Waals surface area contributed by atoms with E-state index in [4.69, 9.17) is 4.74 Å². The second kappa shape index (κ2) is 8.70. The number of nitrogens with zero attached hydrogens (tertiary/aromatic N) is 1. The van der Waals surface area contributed by atoms with Gasteiger partial charge in [-0.1, -0.05) is 0 Å². The summed E-state index contributed by atoms with van der Waals surface area (Å²) in [4.78, 5) is 36.5. The van der Waals surface area contributed by atoms with Crippen molar-refractivity contribution in [2.45, 2.75) is 18.9 Å². The molecule has 1 saturated heterocycles. The molecule has 1 aromatic carbocycles. The lowest BCUT2D eigenvalue weighted by atomic mass is 10.0. The summed E-state index contributed by atoms with van der Waals surface area (Å²) in [6.07, 6.45) is -0.929. The molecule has 1 amide bonds. The molecular weight excluding hydrogens is 352 g/mol. The molecule has 142 valence electrons. The third kappa shape index (κ3) is 4.54. The van der Waals surface area contributed by atoms with Crippen LogP contribution in [-0.2, 0) is 14.2 Å². The Labute approximate surface area is 148 Å². The highest BCUT2D eigenvalue weighted by atomic mass is 19.1. The number of methoxy groups -OCH3 is 2. The maximum Gasteiger partial charge on any atom is 0.409 e. The van der Waals surface area contributed by atoms with Crippen LogP contribution < -0.4 is 0 Å². The molecular formula is C17H19F2NO6. The quantitative estimate of drug-likeness (QED) is 0.583. The molecule has 1 aliphatic rings. The summed E-state index contributed by atoms with van der Waals surface area (Å²) in [5, 5.41) is 0. The Balaban J connectivity index is 2.02. The van der Waals surface area contributed by atoms with Crippen LogP contribution >= 0.6 is 0 Å². The highest BCUT2D eigenvalue weighted by molar-refractivity contribution is 5.98. The molecule has 0 N–H and O–H groups in total. The molecule has 1 aromatic rings. The van der Waals surface area contributed by atoms with E-state index in [0.717, 1.165) is 19.2 Å². The number of hydrogen-bond acceptors (Lipinski definition) is 6. The van der Waals surface area contributed by atoms with Gasteiger partial charge in [-0.2, -0.15) is 0 Å². The summed E-state index contributed by atoms with van der Waals surface area (Å²) in [7, 11) is 2.35. The number of benzene rings is 1. The van der Waals surface area contributed by atoms with Gasteiger partial charge in [0.05, 0.1) is 44.6 Å². The lowest BCUT2D eigenvalue weighted by Crippen LogP contribution is -2.45. The average Bonchev–Trinajstić information content (AvgIpc) is 2.64. The van der Waals surface area contributed by atoms with E-state index in [1.165, 1.54) is 12.0 Å². The first-order valence-corrected chi connectivity index (χ1v) is 7.92. The van der Waals surface area contributed by atoms with Gasteiger partial charge in [0.2, 0.25) is 0 Å². The molecule has 1 heterocycles. The van der Waals surface area contributed by atoms with E-state index in [0.29, 0.717) is 6.54 Å². The fourth-order valence-electron chi connectivity index (χ4n) is 2.68. The fraction of sp³-hybridized carbons (Fsp3) is 0.471. The van der Waals surface area contributed by atoms with Crippen molar-refractivity contribution in [3.63, 3.8) is 0 Å². The van der Waals surface area contributed by atoms with Gasteiger partial charge in [-0.05, 0) is 18.6 Å². The molecule has 7 nitrogen and oxygen atoms in total. The molecule has 0 spiro atoms. The van der Waals surface area contributed by atoms with Crippen molar-refractivity contribution >= 4 is 17.8 Å². The Morgan fingerprint density at radius 1 is 1.19 bits per heavy atom. The Kier molecular flexibility index (Phi) is 6.62. The number of hydrogen-bond donors (Lipinski definition) is 0. The lowest BCUT2D eigenvalue weighted by Gasteiger charge is -2.31. The number of carbonyl (C=O) groups is 3. The zero-order chi connectivity index (χ0) is 19.3. The third-order valence-corrected chi connectivity index (χ3v) is 4.01. The van der Waals surface area contributed by atoms with Gasteiger partial charge in [0.1, 0.15) is 11.6 Å². The number of Topliss-reactive ketones (excluding diaryl/α,β-unsaturated/α-hetero) is 1. The molecule has 1 atom stereocenters. The van der Waals surface area contributed by atoms with Crippen molar-refractivity contribution in [3.05, 3.63) is 34.9 Å². The molecule has 26 heavy (non-hydrogen) atoms.